The largest absolute Gasteiger partial charge is 0.507 e. The molecule has 0 bridgehead atoms. The third kappa shape index (κ3) is 3.45. The molecule has 0 spiro atoms. The van der Waals surface area contributed by atoms with Crippen LogP contribution in [-0.2, 0) is 0 Å². The van der Waals surface area contributed by atoms with E-state index in [2.05, 4.69) is 52.2 Å². The van der Waals surface area contributed by atoms with Gasteiger partial charge in [0.1, 0.15) is 11.6 Å². The molecule has 1 fully saturated rings. The fourth-order valence-corrected chi connectivity index (χ4v) is 3.92. The topological polar surface area (TPSA) is 55.4 Å². The van der Waals surface area contributed by atoms with Crippen LogP contribution in [0.4, 0.5) is 5.69 Å². The Balaban J connectivity index is 1.51. The summed E-state index contributed by atoms with van der Waals surface area (Å²) in [6, 6.07) is 22.2. The zero-order chi connectivity index (χ0) is 19.8. The van der Waals surface area contributed by atoms with Crippen LogP contribution in [0.3, 0.4) is 0 Å². The SMILES string of the molecule is CN1CCN(c2ccc3nc(-c4cc(-c5ccccc5)ccc4O)[nH]c3c2)CC1. The summed E-state index contributed by atoms with van der Waals surface area (Å²) in [6.07, 6.45) is 0. The van der Waals surface area contributed by atoms with E-state index < -0.39 is 0 Å². The lowest BCUT2D eigenvalue weighted by molar-refractivity contribution is 0.313. The number of imidazole rings is 1. The molecule has 2 N–H and O–H groups in total. The predicted octanol–water partition coefficient (Wildman–Crippen LogP) is 4.35. The molecule has 0 unspecified atom stereocenters. The molecule has 146 valence electrons. The van der Waals surface area contributed by atoms with Gasteiger partial charge in [0.15, 0.2) is 0 Å². The molecule has 0 atom stereocenters. The highest BCUT2D eigenvalue weighted by Gasteiger charge is 2.16. The summed E-state index contributed by atoms with van der Waals surface area (Å²) in [7, 11) is 2.16. The van der Waals surface area contributed by atoms with E-state index in [0.29, 0.717) is 11.4 Å². The third-order valence-electron chi connectivity index (χ3n) is 5.69. The van der Waals surface area contributed by atoms with Gasteiger partial charge >= 0.3 is 0 Å². The quantitative estimate of drug-likeness (QED) is 0.551. The van der Waals surface area contributed by atoms with Crippen LogP contribution < -0.4 is 4.90 Å². The van der Waals surface area contributed by atoms with Gasteiger partial charge in [-0.2, -0.15) is 0 Å². The van der Waals surface area contributed by atoms with Crippen molar-refractivity contribution in [1.29, 1.82) is 0 Å². The van der Waals surface area contributed by atoms with Gasteiger partial charge in [-0.3, -0.25) is 0 Å². The number of hydrogen-bond acceptors (Lipinski definition) is 4. The van der Waals surface area contributed by atoms with Crippen LogP contribution in [0.2, 0.25) is 0 Å². The first-order chi connectivity index (χ1) is 14.2. The van der Waals surface area contributed by atoms with Crippen LogP contribution in [0.1, 0.15) is 0 Å². The lowest BCUT2D eigenvalue weighted by Gasteiger charge is -2.34. The first-order valence-corrected chi connectivity index (χ1v) is 9.99. The number of rotatable bonds is 3. The summed E-state index contributed by atoms with van der Waals surface area (Å²) in [5.74, 6) is 0.911. The fourth-order valence-electron chi connectivity index (χ4n) is 3.92. The van der Waals surface area contributed by atoms with E-state index in [1.165, 1.54) is 5.69 Å². The van der Waals surface area contributed by atoms with E-state index in [-0.39, 0.29) is 5.75 Å². The van der Waals surface area contributed by atoms with Crippen molar-refractivity contribution in [3.8, 4) is 28.3 Å². The smallest absolute Gasteiger partial charge is 0.142 e. The molecule has 1 aliphatic rings. The van der Waals surface area contributed by atoms with Crippen LogP contribution in [0.15, 0.2) is 66.7 Å². The van der Waals surface area contributed by atoms with Gasteiger partial charge in [0, 0.05) is 31.9 Å². The maximum absolute atomic E-state index is 10.5. The molecule has 5 nitrogen and oxygen atoms in total. The number of phenolic OH excluding ortho intramolecular Hbond substituents is 1. The second kappa shape index (κ2) is 7.26. The van der Waals surface area contributed by atoms with Crippen LogP contribution in [-0.4, -0.2) is 53.2 Å². The van der Waals surface area contributed by atoms with Crippen molar-refractivity contribution in [2.24, 2.45) is 0 Å². The second-order valence-corrected chi connectivity index (χ2v) is 7.68. The van der Waals surface area contributed by atoms with Crippen LogP contribution in [0.5, 0.6) is 5.75 Å². The summed E-state index contributed by atoms with van der Waals surface area (Å²) in [5.41, 5.74) is 5.98. The van der Waals surface area contributed by atoms with Crippen molar-refractivity contribution >= 4 is 16.7 Å². The van der Waals surface area contributed by atoms with E-state index >= 15 is 0 Å². The molecule has 0 saturated carbocycles. The Hall–Kier alpha value is -3.31. The summed E-state index contributed by atoms with van der Waals surface area (Å²) in [6.45, 7) is 4.21. The molecule has 3 aromatic carbocycles. The number of H-pyrrole nitrogens is 1. The highest BCUT2D eigenvalue weighted by molar-refractivity contribution is 5.85. The molecule has 5 heteroatoms. The van der Waals surface area contributed by atoms with Gasteiger partial charge in [0.05, 0.1) is 16.6 Å². The molecule has 1 aromatic heterocycles. The molecular weight excluding hydrogens is 360 g/mol. The van der Waals surface area contributed by atoms with Gasteiger partial charge < -0.3 is 19.9 Å². The lowest BCUT2D eigenvalue weighted by Crippen LogP contribution is -2.44. The number of aromatic nitrogens is 2. The molecule has 2 heterocycles. The number of aromatic amines is 1. The van der Waals surface area contributed by atoms with Gasteiger partial charge in [-0.25, -0.2) is 4.98 Å². The number of aromatic hydroxyl groups is 1. The molecule has 1 saturated heterocycles. The van der Waals surface area contributed by atoms with Crippen LogP contribution >= 0.6 is 0 Å². The Bertz CT molecular complexity index is 1140. The standard InChI is InChI=1S/C24H24N4O/c1-27-11-13-28(14-12-27)19-8-9-21-22(16-19)26-24(25-21)20-15-18(7-10-23(20)29)17-5-3-2-4-6-17/h2-10,15-16,29H,11-14H2,1H3,(H,25,26). The zero-order valence-corrected chi connectivity index (χ0v) is 16.5. The molecule has 0 aliphatic carbocycles. The lowest BCUT2D eigenvalue weighted by atomic mass is 10.0. The average Bonchev–Trinajstić information content (AvgIpc) is 3.18. The Labute approximate surface area is 170 Å². The van der Waals surface area contributed by atoms with E-state index in [1.807, 2.05) is 30.3 Å². The summed E-state index contributed by atoms with van der Waals surface area (Å²) >= 11 is 0. The number of benzene rings is 3. The van der Waals surface area contributed by atoms with Crippen molar-refractivity contribution in [1.82, 2.24) is 14.9 Å². The minimum Gasteiger partial charge on any atom is -0.507 e. The summed E-state index contributed by atoms with van der Waals surface area (Å²) < 4.78 is 0. The number of anilines is 1. The molecule has 1 aliphatic heterocycles. The normalized spacial score (nSPS) is 15.1. The van der Waals surface area contributed by atoms with Gasteiger partial charge in [-0.15, -0.1) is 0 Å². The molecular formula is C24H24N4O. The number of nitrogens with zero attached hydrogens (tertiary/aromatic N) is 3. The number of hydrogen-bond donors (Lipinski definition) is 2. The van der Waals surface area contributed by atoms with E-state index in [4.69, 9.17) is 4.98 Å². The summed E-state index contributed by atoms with van der Waals surface area (Å²) in [5, 5.41) is 10.5. The Kier molecular flexibility index (Phi) is 4.45. The van der Waals surface area contributed by atoms with Gasteiger partial charge in [-0.05, 0) is 48.5 Å². The Morgan fingerprint density at radius 1 is 0.862 bits per heavy atom. The van der Waals surface area contributed by atoms with E-state index in [0.717, 1.165) is 48.3 Å². The van der Waals surface area contributed by atoms with E-state index in [1.54, 1.807) is 6.07 Å². The maximum Gasteiger partial charge on any atom is 0.142 e. The first kappa shape index (κ1) is 17.8. The Morgan fingerprint density at radius 2 is 1.66 bits per heavy atom. The number of likely N-dealkylation sites (N-methyl/N-ethyl adjacent to an activating group) is 1. The van der Waals surface area contributed by atoms with Crippen molar-refractivity contribution in [3.05, 3.63) is 66.7 Å². The minimum atomic E-state index is 0.225. The molecule has 4 aromatic rings. The first-order valence-electron chi connectivity index (χ1n) is 9.99. The second-order valence-electron chi connectivity index (χ2n) is 7.68. The van der Waals surface area contributed by atoms with Gasteiger partial charge in [0.25, 0.3) is 0 Å². The number of nitrogens with one attached hydrogen (secondary N) is 1. The van der Waals surface area contributed by atoms with Gasteiger partial charge in [-0.1, -0.05) is 36.4 Å². The summed E-state index contributed by atoms with van der Waals surface area (Å²) in [4.78, 5) is 12.9. The van der Waals surface area contributed by atoms with Gasteiger partial charge in [0.2, 0.25) is 0 Å². The highest BCUT2D eigenvalue weighted by atomic mass is 16.3. The van der Waals surface area contributed by atoms with Crippen LogP contribution in [0, 0.1) is 0 Å². The monoisotopic (exact) mass is 384 g/mol. The molecule has 0 amide bonds. The fraction of sp³-hybridized carbons (Fsp3) is 0.208. The molecule has 29 heavy (non-hydrogen) atoms. The van der Waals surface area contributed by atoms with Crippen molar-refractivity contribution in [2.45, 2.75) is 0 Å². The van der Waals surface area contributed by atoms with Crippen molar-refractivity contribution < 1.29 is 5.11 Å². The van der Waals surface area contributed by atoms with Crippen LogP contribution in [0.25, 0.3) is 33.5 Å². The third-order valence-corrected chi connectivity index (χ3v) is 5.69. The number of phenols is 1. The highest BCUT2D eigenvalue weighted by Crippen LogP contribution is 2.33. The van der Waals surface area contributed by atoms with Crippen molar-refractivity contribution in [3.63, 3.8) is 0 Å². The maximum atomic E-state index is 10.5. The number of fused-ring (bicyclic) bond motifs is 1. The molecule has 5 rings (SSSR count). The van der Waals surface area contributed by atoms with Crippen molar-refractivity contribution in [2.75, 3.05) is 38.1 Å². The van der Waals surface area contributed by atoms with E-state index in [9.17, 15) is 5.11 Å². The predicted molar refractivity (Wildman–Crippen MR) is 118 cm³/mol. The minimum absolute atomic E-state index is 0.225. The molecule has 0 radical (unpaired) electrons. The average molecular weight is 384 g/mol. The number of piperazine rings is 1. The Morgan fingerprint density at radius 3 is 2.45 bits per heavy atom. The zero-order valence-electron chi connectivity index (χ0n) is 16.5.